The predicted molar refractivity (Wildman–Crippen MR) is 84.5 cm³/mol. The molecule has 114 valence electrons. The highest BCUT2D eigenvalue weighted by atomic mass is 35.5. The maximum absolute atomic E-state index is 11.8. The first-order valence-electron chi connectivity index (χ1n) is 6.84. The fourth-order valence-electron chi connectivity index (χ4n) is 2.23. The van der Waals surface area contributed by atoms with E-state index in [4.69, 9.17) is 11.6 Å². The van der Waals surface area contributed by atoms with E-state index in [1.54, 1.807) is 0 Å². The molecular formula is C15H18ClNO3S. The Bertz CT molecular complexity index is 514. The second-order valence-electron chi connectivity index (χ2n) is 5.34. The van der Waals surface area contributed by atoms with Crippen LogP contribution in [0.2, 0.25) is 5.02 Å². The second-order valence-corrected chi connectivity index (χ2v) is 6.76. The summed E-state index contributed by atoms with van der Waals surface area (Å²) in [5, 5.41) is 12.6. The summed E-state index contributed by atoms with van der Waals surface area (Å²) in [5.41, 5.74) is 0.384. The van der Waals surface area contributed by atoms with Gasteiger partial charge in [-0.1, -0.05) is 30.2 Å². The van der Waals surface area contributed by atoms with Crippen molar-refractivity contribution < 1.29 is 14.7 Å². The van der Waals surface area contributed by atoms with Crippen LogP contribution in [0, 0.1) is 5.41 Å². The third-order valence-electron chi connectivity index (χ3n) is 3.80. The van der Waals surface area contributed by atoms with Gasteiger partial charge < -0.3 is 10.4 Å². The molecule has 1 saturated carbocycles. The van der Waals surface area contributed by atoms with Crippen LogP contribution in [0.15, 0.2) is 24.3 Å². The number of carbonyl (C=O) groups is 2. The van der Waals surface area contributed by atoms with Gasteiger partial charge in [-0.25, -0.2) is 0 Å². The van der Waals surface area contributed by atoms with E-state index in [1.807, 2.05) is 24.3 Å². The van der Waals surface area contributed by atoms with Gasteiger partial charge in [0.1, 0.15) is 0 Å². The minimum Gasteiger partial charge on any atom is -0.481 e. The lowest BCUT2D eigenvalue weighted by atomic mass is 9.69. The summed E-state index contributed by atoms with van der Waals surface area (Å²) in [7, 11) is 0. The molecular weight excluding hydrogens is 310 g/mol. The summed E-state index contributed by atoms with van der Waals surface area (Å²) >= 11 is 7.31. The van der Waals surface area contributed by atoms with Crippen LogP contribution in [0.25, 0.3) is 0 Å². The van der Waals surface area contributed by atoms with E-state index >= 15 is 0 Å². The van der Waals surface area contributed by atoms with Crippen molar-refractivity contribution in [2.24, 2.45) is 5.41 Å². The van der Waals surface area contributed by atoms with Gasteiger partial charge in [0.05, 0.1) is 11.2 Å². The Morgan fingerprint density at radius 3 is 2.48 bits per heavy atom. The number of carboxylic acid groups (broad SMARTS) is 1. The molecule has 4 nitrogen and oxygen atoms in total. The molecule has 0 spiro atoms. The van der Waals surface area contributed by atoms with Crippen molar-refractivity contribution in [3.05, 3.63) is 34.9 Å². The molecule has 21 heavy (non-hydrogen) atoms. The first-order valence-corrected chi connectivity index (χ1v) is 8.37. The van der Waals surface area contributed by atoms with Crippen molar-refractivity contribution in [1.82, 2.24) is 5.32 Å². The molecule has 2 rings (SSSR count). The number of amides is 1. The Balaban J connectivity index is 1.68. The van der Waals surface area contributed by atoms with Gasteiger partial charge in [0.25, 0.3) is 0 Å². The van der Waals surface area contributed by atoms with Crippen LogP contribution in [0.4, 0.5) is 0 Å². The minimum absolute atomic E-state index is 0.110. The number of benzene rings is 1. The number of carbonyl (C=O) groups excluding carboxylic acids is 1. The van der Waals surface area contributed by atoms with Gasteiger partial charge in [0.15, 0.2) is 0 Å². The van der Waals surface area contributed by atoms with Crippen LogP contribution >= 0.6 is 23.4 Å². The maximum Gasteiger partial charge on any atom is 0.311 e. The third kappa shape index (κ3) is 4.38. The first-order chi connectivity index (χ1) is 10.0. The first kappa shape index (κ1) is 16.2. The number of rotatable bonds is 7. The molecule has 1 aliphatic rings. The highest BCUT2D eigenvalue weighted by Crippen LogP contribution is 2.40. The number of hydrogen-bond donors (Lipinski definition) is 2. The average molecular weight is 328 g/mol. The van der Waals surface area contributed by atoms with Gasteiger partial charge in [-0.2, -0.15) is 0 Å². The summed E-state index contributed by atoms with van der Waals surface area (Å²) in [5.74, 6) is 0.150. The molecule has 6 heteroatoms. The minimum atomic E-state index is -0.803. The Morgan fingerprint density at radius 1 is 1.29 bits per heavy atom. The van der Waals surface area contributed by atoms with E-state index in [0.29, 0.717) is 23.6 Å². The SMILES string of the molecule is O=C(CSCc1ccc(Cl)cc1)NCC1(C(=O)O)CCC1. The molecule has 1 aromatic rings. The predicted octanol–water partition coefficient (Wildman–Crippen LogP) is 2.94. The van der Waals surface area contributed by atoms with Gasteiger partial charge in [-0.05, 0) is 30.5 Å². The largest absolute Gasteiger partial charge is 0.481 e. The standard InChI is InChI=1S/C15H18ClNO3S/c16-12-4-2-11(3-5-12)8-21-9-13(18)17-10-15(14(19)20)6-1-7-15/h2-5H,1,6-10H2,(H,17,18)(H,19,20). The molecule has 0 aromatic heterocycles. The maximum atomic E-state index is 11.8. The molecule has 0 heterocycles. The topological polar surface area (TPSA) is 66.4 Å². The van der Waals surface area contributed by atoms with Crippen LogP contribution < -0.4 is 5.32 Å². The highest BCUT2D eigenvalue weighted by molar-refractivity contribution is 7.99. The van der Waals surface area contributed by atoms with Gasteiger partial charge in [-0.15, -0.1) is 11.8 Å². The van der Waals surface area contributed by atoms with Crippen LogP contribution in [0.5, 0.6) is 0 Å². The molecule has 2 N–H and O–H groups in total. The zero-order valence-corrected chi connectivity index (χ0v) is 13.2. The number of halogens is 1. The fraction of sp³-hybridized carbons (Fsp3) is 0.467. The van der Waals surface area contributed by atoms with Crippen molar-refractivity contribution in [2.45, 2.75) is 25.0 Å². The van der Waals surface area contributed by atoms with Crippen LogP contribution in [0.1, 0.15) is 24.8 Å². The van der Waals surface area contributed by atoms with E-state index in [2.05, 4.69) is 5.32 Å². The van der Waals surface area contributed by atoms with Crippen molar-refractivity contribution in [2.75, 3.05) is 12.3 Å². The molecule has 0 aliphatic heterocycles. The molecule has 0 bridgehead atoms. The summed E-state index contributed by atoms with van der Waals surface area (Å²) in [6.45, 7) is 0.239. The smallest absolute Gasteiger partial charge is 0.311 e. The Kier molecular flexibility index (Phi) is 5.53. The number of thioether (sulfide) groups is 1. The second kappa shape index (κ2) is 7.18. The van der Waals surface area contributed by atoms with E-state index in [0.717, 1.165) is 17.7 Å². The van der Waals surface area contributed by atoms with E-state index in [9.17, 15) is 14.7 Å². The Hall–Kier alpha value is -1.20. The molecule has 1 fully saturated rings. The van der Waals surface area contributed by atoms with Crippen molar-refractivity contribution in [3.8, 4) is 0 Å². The lowest BCUT2D eigenvalue weighted by Gasteiger charge is -2.37. The monoisotopic (exact) mass is 327 g/mol. The number of nitrogens with one attached hydrogen (secondary N) is 1. The van der Waals surface area contributed by atoms with Crippen molar-refractivity contribution >= 4 is 35.2 Å². The lowest BCUT2D eigenvalue weighted by molar-refractivity contribution is -0.154. The molecule has 1 aromatic carbocycles. The zero-order chi connectivity index (χ0) is 15.3. The Labute approximate surface area is 133 Å². The van der Waals surface area contributed by atoms with Gasteiger partial charge >= 0.3 is 5.97 Å². The zero-order valence-electron chi connectivity index (χ0n) is 11.6. The summed E-state index contributed by atoms with van der Waals surface area (Å²) in [6, 6.07) is 7.51. The summed E-state index contributed by atoms with van der Waals surface area (Å²) < 4.78 is 0. The summed E-state index contributed by atoms with van der Waals surface area (Å²) in [6.07, 6.45) is 2.23. The Morgan fingerprint density at radius 2 is 1.95 bits per heavy atom. The highest BCUT2D eigenvalue weighted by Gasteiger charge is 2.44. The normalized spacial score (nSPS) is 16.0. The van der Waals surface area contributed by atoms with Crippen molar-refractivity contribution in [1.29, 1.82) is 0 Å². The molecule has 0 radical (unpaired) electrons. The number of hydrogen-bond acceptors (Lipinski definition) is 3. The van der Waals surface area contributed by atoms with Crippen LogP contribution in [-0.2, 0) is 15.3 Å². The van der Waals surface area contributed by atoms with Gasteiger partial charge in [0, 0.05) is 17.3 Å². The quantitative estimate of drug-likeness (QED) is 0.808. The van der Waals surface area contributed by atoms with E-state index in [1.165, 1.54) is 11.8 Å². The molecule has 1 aliphatic carbocycles. The third-order valence-corrected chi connectivity index (χ3v) is 5.06. The van der Waals surface area contributed by atoms with E-state index in [-0.39, 0.29) is 12.5 Å². The van der Waals surface area contributed by atoms with Gasteiger partial charge in [-0.3, -0.25) is 9.59 Å². The molecule has 1 amide bonds. The van der Waals surface area contributed by atoms with Crippen molar-refractivity contribution in [3.63, 3.8) is 0 Å². The van der Waals surface area contributed by atoms with E-state index < -0.39 is 11.4 Å². The molecule has 0 unspecified atom stereocenters. The molecule has 0 saturated heterocycles. The average Bonchev–Trinajstić information content (AvgIpc) is 2.39. The number of aliphatic carboxylic acids is 1. The lowest BCUT2D eigenvalue weighted by Crippen LogP contribution is -2.47. The number of carboxylic acids is 1. The van der Waals surface area contributed by atoms with Crippen LogP contribution in [0.3, 0.4) is 0 Å². The van der Waals surface area contributed by atoms with Gasteiger partial charge in [0.2, 0.25) is 5.91 Å². The van der Waals surface area contributed by atoms with Crippen LogP contribution in [-0.4, -0.2) is 29.3 Å². The fourth-order valence-corrected chi connectivity index (χ4v) is 3.17. The summed E-state index contributed by atoms with van der Waals surface area (Å²) in [4.78, 5) is 22.9. The molecule has 0 atom stereocenters.